The van der Waals surface area contributed by atoms with Gasteiger partial charge in [0, 0.05) is 12.8 Å². The molecule has 0 amide bonds. The number of aliphatic hydroxyl groups excluding tert-OH is 1. The molecule has 1 aliphatic rings. The molecule has 1 N–H and O–H groups in total. The van der Waals surface area contributed by atoms with Crippen LogP contribution in [-0.2, 0) is 4.79 Å². The Balaban J connectivity index is 2.48. The zero-order valence-electron chi connectivity index (χ0n) is 13.9. The van der Waals surface area contributed by atoms with Gasteiger partial charge in [-0.05, 0) is 37.3 Å². The number of Topliss-reactive ketones (excluding diaryl/α,β-unsaturated/α-hetero) is 1. The second kappa shape index (κ2) is 6.47. The van der Waals surface area contributed by atoms with E-state index < -0.39 is 0 Å². The molecule has 1 saturated carbocycles. The molecule has 1 aromatic rings. The van der Waals surface area contributed by atoms with Crippen LogP contribution in [0.15, 0.2) is 40.6 Å². The Morgan fingerprint density at radius 3 is 2.45 bits per heavy atom. The molecule has 118 valence electrons. The summed E-state index contributed by atoms with van der Waals surface area (Å²) >= 11 is 0. The molecule has 0 aromatic heterocycles. The standard InChI is InChI=1S/C19H25NO2/c1-5-6-16(21)18-15(11-19(3,4)12-17(18)22)20-14-9-7-13(2)8-10-14/h7-10,21H,5-6,11-12H2,1-4H3. The first-order valence-corrected chi connectivity index (χ1v) is 7.92. The summed E-state index contributed by atoms with van der Waals surface area (Å²) in [6, 6.07) is 7.90. The predicted octanol–water partition coefficient (Wildman–Crippen LogP) is 5.07. The number of nitrogens with zero attached hydrogens (tertiary/aromatic N) is 1. The summed E-state index contributed by atoms with van der Waals surface area (Å²) in [5.41, 5.74) is 3.05. The third-order valence-electron chi connectivity index (χ3n) is 3.93. The quantitative estimate of drug-likeness (QED) is 0.626. The minimum atomic E-state index is -0.114. The lowest BCUT2D eigenvalue weighted by Gasteiger charge is -2.31. The molecule has 0 radical (unpaired) electrons. The molecular weight excluding hydrogens is 274 g/mol. The van der Waals surface area contributed by atoms with Crippen LogP contribution in [0.2, 0.25) is 0 Å². The summed E-state index contributed by atoms with van der Waals surface area (Å²) in [5.74, 6) is 0.196. The van der Waals surface area contributed by atoms with Gasteiger partial charge in [-0.3, -0.25) is 9.79 Å². The van der Waals surface area contributed by atoms with Crippen molar-refractivity contribution in [2.75, 3.05) is 0 Å². The van der Waals surface area contributed by atoms with Gasteiger partial charge in [0.1, 0.15) is 5.76 Å². The van der Waals surface area contributed by atoms with Crippen molar-refractivity contribution in [1.29, 1.82) is 0 Å². The van der Waals surface area contributed by atoms with Crippen LogP contribution in [0.5, 0.6) is 0 Å². The Bertz CT molecular complexity index is 621. The van der Waals surface area contributed by atoms with Crippen molar-refractivity contribution in [3.8, 4) is 0 Å². The van der Waals surface area contributed by atoms with E-state index in [2.05, 4.69) is 18.8 Å². The molecule has 0 spiro atoms. The fourth-order valence-electron chi connectivity index (χ4n) is 2.85. The first-order chi connectivity index (χ1) is 10.3. The molecule has 3 nitrogen and oxygen atoms in total. The van der Waals surface area contributed by atoms with E-state index in [1.54, 1.807) is 0 Å². The van der Waals surface area contributed by atoms with Gasteiger partial charge < -0.3 is 5.11 Å². The van der Waals surface area contributed by atoms with E-state index >= 15 is 0 Å². The van der Waals surface area contributed by atoms with Crippen molar-refractivity contribution in [2.45, 2.75) is 53.4 Å². The monoisotopic (exact) mass is 299 g/mol. The van der Waals surface area contributed by atoms with E-state index in [9.17, 15) is 9.90 Å². The molecular formula is C19H25NO2. The molecule has 3 heteroatoms. The van der Waals surface area contributed by atoms with E-state index in [1.807, 2.05) is 38.1 Å². The molecule has 1 aliphatic carbocycles. The highest BCUT2D eigenvalue weighted by Gasteiger charge is 2.36. The Kier molecular flexibility index (Phi) is 4.84. The molecule has 2 rings (SSSR count). The zero-order valence-corrected chi connectivity index (χ0v) is 13.9. The highest BCUT2D eigenvalue weighted by atomic mass is 16.3. The number of carbonyl (C=O) groups excluding carboxylic acids is 1. The summed E-state index contributed by atoms with van der Waals surface area (Å²) in [6.07, 6.45) is 2.50. The van der Waals surface area contributed by atoms with Gasteiger partial charge in [-0.2, -0.15) is 0 Å². The van der Waals surface area contributed by atoms with Crippen LogP contribution in [-0.4, -0.2) is 16.6 Å². The van der Waals surface area contributed by atoms with Crippen LogP contribution in [0, 0.1) is 12.3 Å². The van der Waals surface area contributed by atoms with E-state index in [-0.39, 0.29) is 17.0 Å². The van der Waals surface area contributed by atoms with Crippen molar-refractivity contribution < 1.29 is 9.90 Å². The number of carbonyl (C=O) groups is 1. The third-order valence-corrected chi connectivity index (χ3v) is 3.93. The van der Waals surface area contributed by atoms with E-state index in [0.29, 0.717) is 24.8 Å². The highest BCUT2D eigenvalue weighted by molar-refractivity contribution is 6.25. The number of hydrogen-bond acceptors (Lipinski definition) is 3. The van der Waals surface area contributed by atoms with Gasteiger partial charge in [0.15, 0.2) is 5.78 Å². The second-order valence-corrected chi connectivity index (χ2v) is 6.91. The van der Waals surface area contributed by atoms with Gasteiger partial charge >= 0.3 is 0 Å². The summed E-state index contributed by atoms with van der Waals surface area (Å²) in [5, 5.41) is 10.3. The maximum Gasteiger partial charge on any atom is 0.168 e. The average Bonchev–Trinajstić information content (AvgIpc) is 2.39. The Morgan fingerprint density at radius 1 is 1.23 bits per heavy atom. The number of allylic oxidation sites excluding steroid dienone is 2. The fraction of sp³-hybridized carbons (Fsp3) is 0.474. The average molecular weight is 299 g/mol. The molecule has 0 bridgehead atoms. The minimum Gasteiger partial charge on any atom is -0.511 e. The Labute approximate surface area is 132 Å². The molecule has 1 aromatic carbocycles. The zero-order chi connectivity index (χ0) is 16.3. The Morgan fingerprint density at radius 2 is 1.86 bits per heavy atom. The topological polar surface area (TPSA) is 49.7 Å². The fourth-order valence-corrected chi connectivity index (χ4v) is 2.85. The van der Waals surface area contributed by atoms with Crippen molar-refractivity contribution >= 4 is 17.2 Å². The number of benzene rings is 1. The maximum atomic E-state index is 12.5. The summed E-state index contributed by atoms with van der Waals surface area (Å²) in [6.45, 7) is 8.17. The molecule has 0 atom stereocenters. The first-order valence-electron chi connectivity index (χ1n) is 7.92. The SMILES string of the molecule is CCCC(O)=C1C(=O)CC(C)(C)CC1=Nc1ccc(C)cc1. The molecule has 0 heterocycles. The van der Waals surface area contributed by atoms with E-state index in [1.165, 1.54) is 5.56 Å². The Hall–Kier alpha value is -1.90. The maximum absolute atomic E-state index is 12.5. The number of aliphatic imine (C=N–C) groups is 1. The predicted molar refractivity (Wildman–Crippen MR) is 90.9 cm³/mol. The van der Waals surface area contributed by atoms with Crippen molar-refractivity contribution in [3.05, 3.63) is 41.2 Å². The number of hydrogen-bond donors (Lipinski definition) is 1. The normalized spacial score (nSPS) is 22.0. The van der Waals surface area contributed by atoms with Gasteiger partial charge in [0.05, 0.1) is 17.0 Å². The largest absolute Gasteiger partial charge is 0.511 e. The third kappa shape index (κ3) is 3.85. The molecule has 22 heavy (non-hydrogen) atoms. The lowest BCUT2D eigenvalue weighted by atomic mass is 9.73. The lowest BCUT2D eigenvalue weighted by Crippen LogP contribution is -2.32. The summed E-state index contributed by atoms with van der Waals surface area (Å²) in [7, 11) is 0. The van der Waals surface area contributed by atoms with Crippen LogP contribution in [0.1, 0.15) is 52.0 Å². The highest BCUT2D eigenvalue weighted by Crippen LogP contribution is 2.36. The van der Waals surface area contributed by atoms with Crippen LogP contribution < -0.4 is 0 Å². The van der Waals surface area contributed by atoms with E-state index in [4.69, 9.17) is 0 Å². The van der Waals surface area contributed by atoms with Crippen molar-refractivity contribution in [2.24, 2.45) is 10.4 Å². The van der Waals surface area contributed by atoms with Gasteiger partial charge in [-0.1, -0.05) is 38.5 Å². The molecule has 0 saturated heterocycles. The number of aryl methyl sites for hydroxylation is 1. The van der Waals surface area contributed by atoms with E-state index in [0.717, 1.165) is 17.8 Å². The smallest absolute Gasteiger partial charge is 0.168 e. The molecule has 0 aliphatic heterocycles. The van der Waals surface area contributed by atoms with Crippen LogP contribution in [0.4, 0.5) is 5.69 Å². The number of aliphatic hydroxyl groups is 1. The minimum absolute atomic E-state index is 0.00746. The number of ketones is 1. The van der Waals surface area contributed by atoms with Gasteiger partial charge in [-0.25, -0.2) is 0 Å². The number of rotatable bonds is 3. The van der Waals surface area contributed by atoms with Crippen molar-refractivity contribution in [1.82, 2.24) is 0 Å². The van der Waals surface area contributed by atoms with Crippen LogP contribution in [0.25, 0.3) is 0 Å². The van der Waals surface area contributed by atoms with Gasteiger partial charge in [0.25, 0.3) is 0 Å². The van der Waals surface area contributed by atoms with Crippen LogP contribution in [0.3, 0.4) is 0 Å². The second-order valence-electron chi connectivity index (χ2n) is 6.91. The van der Waals surface area contributed by atoms with Crippen LogP contribution >= 0.6 is 0 Å². The van der Waals surface area contributed by atoms with Gasteiger partial charge in [0.2, 0.25) is 0 Å². The van der Waals surface area contributed by atoms with Gasteiger partial charge in [-0.15, -0.1) is 0 Å². The lowest BCUT2D eigenvalue weighted by molar-refractivity contribution is -0.117. The van der Waals surface area contributed by atoms with Crippen molar-refractivity contribution in [3.63, 3.8) is 0 Å². The summed E-state index contributed by atoms with van der Waals surface area (Å²) in [4.78, 5) is 17.2. The molecule has 0 unspecified atom stereocenters. The summed E-state index contributed by atoms with van der Waals surface area (Å²) < 4.78 is 0. The molecule has 1 fully saturated rings. The first kappa shape index (κ1) is 16.5.